The van der Waals surface area contributed by atoms with Gasteiger partial charge in [0.1, 0.15) is 5.75 Å². The van der Waals surface area contributed by atoms with Crippen molar-refractivity contribution in [3.63, 3.8) is 0 Å². The van der Waals surface area contributed by atoms with Gasteiger partial charge < -0.3 is 10.1 Å². The van der Waals surface area contributed by atoms with Crippen LogP contribution < -0.4 is 10.1 Å². The zero-order valence-corrected chi connectivity index (χ0v) is 13.7. The van der Waals surface area contributed by atoms with Gasteiger partial charge in [0.2, 0.25) is 0 Å². The molecule has 0 fully saturated rings. The highest BCUT2D eigenvalue weighted by Gasteiger charge is 2.31. The molecule has 0 saturated carbocycles. The molecule has 0 unspecified atom stereocenters. The summed E-state index contributed by atoms with van der Waals surface area (Å²) >= 11 is 6.77. The molecule has 0 heterocycles. The number of benzene rings is 2. The van der Waals surface area contributed by atoms with Crippen LogP contribution in [-0.4, -0.2) is 6.36 Å². The van der Waals surface area contributed by atoms with E-state index in [0.717, 1.165) is 14.5 Å². The maximum atomic E-state index is 12.2. The van der Waals surface area contributed by atoms with Crippen molar-refractivity contribution in [1.82, 2.24) is 0 Å². The molecule has 0 aromatic heterocycles. The topological polar surface area (TPSA) is 21.3 Å². The molecular formula is C14H10Br2F3NO. The van der Waals surface area contributed by atoms with Crippen molar-refractivity contribution in [2.45, 2.75) is 12.9 Å². The molecule has 2 nitrogen and oxygen atoms in total. The van der Waals surface area contributed by atoms with Gasteiger partial charge in [-0.05, 0) is 61.7 Å². The molecule has 21 heavy (non-hydrogen) atoms. The summed E-state index contributed by atoms with van der Waals surface area (Å²) in [5.74, 6) is -0.246. The second-order valence-electron chi connectivity index (χ2n) is 4.18. The molecule has 0 atom stereocenters. The van der Waals surface area contributed by atoms with E-state index >= 15 is 0 Å². The van der Waals surface area contributed by atoms with Crippen LogP contribution in [0.3, 0.4) is 0 Å². The third kappa shape index (κ3) is 5.24. The lowest BCUT2D eigenvalue weighted by molar-refractivity contribution is -0.274. The number of hydrogen-bond donors (Lipinski definition) is 1. The molecule has 0 bridgehead atoms. The maximum Gasteiger partial charge on any atom is 0.573 e. The maximum absolute atomic E-state index is 12.2. The first-order chi connectivity index (χ1) is 9.83. The number of rotatable bonds is 4. The second-order valence-corrected chi connectivity index (χ2v) is 5.89. The Bertz CT molecular complexity index is 632. The predicted octanol–water partition coefficient (Wildman–Crippen LogP) is 5.72. The highest BCUT2D eigenvalue weighted by atomic mass is 79.9. The van der Waals surface area contributed by atoms with Crippen molar-refractivity contribution in [3.8, 4) is 5.75 Å². The fraction of sp³-hybridized carbons (Fsp3) is 0.143. The van der Waals surface area contributed by atoms with E-state index in [1.54, 1.807) is 6.07 Å². The molecular weight excluding hydrogens is 415 g/mol. The van der Waals surface area contributed by atoms with E-state index in [1.165, 1.54) is 18.2 Å². The lowest BCUT2D eigenvalue weighted by Crippen LogP contribution is -2.17. The Morgan fingerprint density at radius 1 is 1.00 bits per heavy atom. The lowest BCUT2D eigenvalue weighted by atomic mass is 10.2. The molecule has 112 valence electrons. The van der Waals surface area contributed by atoms with Gasteiger partial charge in [0.05, 0.1) is 0 Å². The van der Waals surface area contributed by atoms with Crippen molar-refractivity contribution in [2.24, 2.45) is 0 Å². The SMILES string of the molecule is FC(F)(F)Oc1cccc(NCc2ccc(Br)c(Br)c2)c1. The Morgan fingerprint density at radius 2 is 1.76 bits per heavy atom. The van der Waals surface area contributed by atoms with E-state index in [9.17, 15) is 13.2 Å². The molecule has 0 aliphatic carbocycles. The summed E-state index contributed by atoms with van der Waals surface area (Å²) in [5.41, 5.74) is 1.54. The normalized spacial score (nSPS) is 11.3. The van der Waals surface area contributed by atoms with Gasteiger partial charge in [-0.15, -0.1) is 13.2 Å². The van der Waals surface area contributed by atoms with Crippen LogP contribution >= 0.6 is 31.9 Å². The van der Waals surface area contributed by atoms with Gasteiger partial charge in [0.15, 0.2) is 0 Å². The zero-order chi connectivity index (χ0) is 15.5. The fourth-order valence-electron chi connectivity index (χ4n) is 1.66. The van der Waals surface area contributed by atoms with Crippen molar-refractivity contribution < 1.29 is 17.9 Å². The first kappa shape index (κ1) is 16.2. The van der Waals surface area contributed by atoms with Gasteiger partial charge in [0.25, 0.3) is 0 Å². The highest BCUT2D eigenvalue weighted by Crippen LogP contribution is 2.26. The van der Waals surface area contributed by atoms with Gasteiger partial charge in [-0.1, -0.05) is 12.1 Å². The highest BCUT2D eigenvalue weighted by molar-refractivity contribution is 9.13. The molecule has 0 aliphatic rings. The van der Waals surface area contributed by atoms with Crippen molar-refractivity contribution in [2.75, 3.05) is 5.32 Å². The first-order valence-electron chi connectivity index (χ1n) is 5.87. The Balaban J connectivity index is 2.03. The molecule has 2 aromatic rings. The van der Waals surface area contributed by atoms with Crippen LogP contribution in [0.4, 0.5) is 18.9 Å². The predicted molar refractivity (Wildman–Crippen MR) is 82.3 cm³/mol. The summed E-state index contributed by atoms with van der Waals surface area (Å²) < 4.78 is 42.2. The van der Waals surface area contributed by atoms with Crippen LogP contribution in [0.2, 0.25) is 0 Å². The molecule has 2 aromatic carbocycles. The minimum atomic E-state index is -4.69. The summed E-state index contributed by atoms with van der Waals surface area (Å²) in [7, 11) is 0. The number of ether oxygens (including phenoxy) is 1. The summed E-state index contributed by atoms with van der Waals surface area (Å²) in [5, 5.41) is 3.05. The molecule has 0 aliphatic heterocycles. The molecule has 0 radical (unpaired) electrons. The number of hydrogen-bond acceptors (Lipinski definition) is 2. The minimum absolute atomic E-state index is 0.246. The Morgan fingerprint density at radius 3 is 2.43 bits per heavy atom. The van der Waals surface area contributed by atoms with Crippen molar-refractivity contribution >= 4 is 37.5 Å². The summed E-state index contributed by atoms with van der Waals surface area (Å²) in [6.45, 7) is 0.487. The van der Waals surface area contributed by atoms with Crippen LogP contribution in [0.5, 0.6) is 5.75 Å². The Labute approximate surface area is 136 Å². The quantitative estimate of drug-likeness (QED) is 0.677. The van der Waals surface area contributed by atoms with E-state index < -0.39 is 6.36 Å². The molecule has 1 N–H and O–H groups in total. The van der Waals surface area contributed by atoms with Gasteiger partial charge in [-0.25, -0.2) is 0 Å². The summed E-state index contributed by atoms with van der Waals surface area (Å²) in [6, 6.07) is 11.5. The van der Waals surface area contributed by atoms with Crippen molar-refractivity contribution in [1.29, 1.82) is 0 Å². The molecule has 7 heteroatoms. The average Bonchev–Trinajstić information content (AvgIpc) is 2.39. The van der Waals surface area contributed by atoms with E-state index in [1.807, 2.05) is 18.2 Å². The van der Waals surface area contributed by atoms with E-state index in [4.69, 9.17) is 0 Å². The van der Waals surface area contributed by atoms with Crippen LogP contribution in [0.25, 0.3) is 0 Å². The number of anilines is 1. The van der Waals surface area contributed by atoms with E-state index in [2.05, 4.69) is 41.9 Å². The summed E-state index contributed by atoms with van der Waals surface area (Å²) in [6.07, 6.45) is -4.69. The molecule has 0 amide bonds. The number of alkyl halides is 3. The number of halogens is 5. The smallest absolute Gasteiger partial charge is 0.406 e. The zero-order valence-electron chi connectivity index (χ0n) is 10.5. The fourth-order valence-corrected chi connectivity index (χ4v) is 2.33. The number of nitrogens with one attached hydrogen (secondary N) is 1. The van der Waals surface area contributed by atoms with E-state index in [-0.39, 0.29) is 5.75 Å². The molecule has 2 rings (SSSR count). The van der Waals surface area contributed by atoms with Gasteiger partial charge in [-0.2, -0.15) is 0 Å². The second kappa shape index (κ2) is 6.70. The van der Waals surface area contributed by atoms with E-state index in [0.29, 0.717) is 12.2 Å². The molecule has 0 spiro atoms. The van der Waals surface area contributed by atoms with Gasteiger partial charge in [0, 0.05) is 27.2 Å². The van der Waals surface area contributed by atoms with Gasteiger partial charge >= 0.3 is 6.36 Å². The average molecular weight is 425 g/mol. The first-order valence-corrected chi connectivity index (χ1v) is 7.46. The molecule has 0 saturated heterocycles. The monoisotopic (exact) mass is 423 g/mol. The third-order valence-corrected chi connectivity index (χ3v) is 4.43. The van der Waals surface area contributed by atoms with Gasteiger partial charge in [-0.3, -0.25) is 0 Å². The van der Waals surface area contributed by atoms with Crippen molar-refractivity contribution in [3.05, 3.63) is 57.0 Å². The third-order valence-electron chi connectivity index (χ3n) is 2.55. The van der Waals surface area contributed by atoms with Crippen LogP contribution in [-0.2, 0) is 6.54 Å². The Hall–Kier alpha value is -1.21. The lowest BCUT2D eigenvalue weighted by Gasteiger charge is -2.11. The van der Waals surface area contributed by atoms with Crippen LogP contribution in [0, 0.1) is 0 Å². The largest absolute Gasteiger partial charge is 0.573 e. The standard InChI is InChI=1S/C14H10Br2F3NO/c15-12-5-4-9(6-13(12)16)8-20-10-2-1-3-11(7-10)21-14(17,18)19/h1-7,20H,8H2. The Kier molecular flexibility index (Phi) is 5.16. The van der Waals surface area contributed by atoms with Crippen LogP contribution in [0.1, 0.15) is 5.56 Å². The minimum Gasteiger partial charge on any atom is -0.406 e. The van der Waals surface area contributed by atoms with Crippen LogP contribution in [0.15, 0.2) is 51.4 Å². The summed E-state index contributed by atoms with van der Waals surface area (Å²) in [4.78, 5) is 0.